The van der Waals surface area contributed by atoms with Crippen molar-refractivity contribution in [2.45, 2.75) is 39.7 Å². The Labute approximate surface area is 152 Å². The van der Waals surface area contributed by atoms with Gasteiger partial charge in [-0.05, 0) is 48.1 Å². The van der Waals surface area contributed by atoms with E-state index in [0.29, 0.717) is 28.9 Å². The summed E-state index contributed by atoms with van der Waals surface area (Å²) in [5.41, 5.74) is 1.85. The number of hydrogen-bond donors (Lipinski definition) is 2. The quantitative estimate of drug-likeness (QED) is 0.829. The van der Waals surface area contributed by atoms with Gasteiger partial charge in [-0.15, -0.1) is 0 Å². The van der Waals surface area contributed by atoms with E-state index < -0.39 is 5.97 Å². The standard InChI is InChI=1S/C20H25N3O3/c1-10-13-7-12(20(13,2)3)8-14(10)23-18(24)15-5-11-6-16(19(25)26-4)21-9-17(11)22-15/h5-6,9-10,12-14,22H,7-8H2,1-4H3,(H,23,24)/t10-,12+,13-,14-/m0/s1. The van der Waals surface area contributed by atoms with Crippen molar-refractivity contribution in [1.82, 2.24) is 15.3 Å². The molecule has 6 heteroatoms. The molecule has 5 rings (SSSR count). The largest absolute Gasteiger partial charge is 0.464 e. The van der Waals surface area contributed by atoms with Crippen LogP contribution >= 0.6 is 0 Å². The monoisotopic (exact) mass is 355 g/mol. The molecule has 4 atom stereocenters. The third kappa shape index (κ3) is 2.50. The number of aromatic amines is 1. The Morgan fingerprint density at radius 2 is 2.08 bits per heavy atom. The lowest BCUT2D eigenvalue weighted by molar-refractivity contribution is -0.113. The normalized spacial score (nSPS) is 29.1. The molecule has 0 radical (unpaired) electrons. The van der Waals surface area contributed by atoms with Crippen LogP contribution in [0, 0.1) is 23.2 Å². The van der Waals surface area contributed by atoms with Gasteiger partial charge in [0, 0.05) is 11.4 Å². The summed E-state index contributed by atoms with van der Waals surface area (Å²) in [4.78, 5) is 31.5. The van der Waals surface area contributed by atoms with E-state index in [1.54, 1.807) is 18.3 Å². The number of H-pyrrole nitrogens is 1. The second-order valence-corrected chi connectivity index (χ2v) is 8.37. The molecule has 0 spiro atoms. The number of amides is 1. The van der Waals surface area contributed by atoms with Crippen molar-refractivity contribution in [2.24, 2.45) is 23.2 Å². The van der Waals surface area contributed by atoms with E-state index >= 15 is 0 Å². The molecule has 3 fully saturated rings. The molecule has 26 heavy (non-hydrogen) atoms. The predicted molar refractivity (Wildman–Crippen MR) is 97.8 cm³/mol. The van der Waals surface area contributed by atoms with Crippen LogP contribution in [-0.2, 0) is 4.74 Å². The molecule has 2 aromatic rings. The minimum atomic E-state index is -0.489. The second-order valence-electron chi connectivity index (χ2n) is 8.37. The van der Waals surface area contributed by atoms with Crippen LogP contribution in [0.4, 0.5) is 0 Å². The van der Waals surface area contributed by atoms with Crippen LogP contribution in [0.1, 0.15) is 54.6 Å². The van der Waals surface area contributed by atoms with Crippen molar-refractivity contribution in [3.63, 3.8) is 0 Å². The third-order valence-electron chi connectivity index (χ3n) is 6.81. The van der Waals surface area contributed by atoms with E-state index in [1.165, 1.54) is 13.5 Å². The Hall–Kier alpha value is -2.37. The van der Waals surface area contributed by atoms with Crippen LogP contribution < -0.4 is 5.32 Å². The summed E-state index contributed by atoms with van der Waals surface area (Å²) in [6.07, 6.45) is 3.89. The minimum absolute atomic E-state index is 0.100. The van der Waals surface area contributed by atoms with Gasteiger partial charge in [-0.2, -0.15) is 0 Å². The molecule has 0 unspecified atom stereocenters. The molecule has 2 heterocycles. The molecule has 138 valence electrons. The van der Waals surface area contributed by atoms with E-state index in [2.05, 4.69) is 36.1 Å². The summed E-state index contributed by atoms with van der Waals surface area (Å²) in [6.45, 7) is 6.96. The molecule has 0 saturated heterocycles. The van der Waals surface area contributed by atoms with E-state index in [-0.39, 0.29) is 17.6 Å². The highest BCUT2D eigenvalue weighted by molar-refractivity contribution is 5.99. The number of rotatable bonds is 3. The van der Waals surface area contributed by atoms with Crippen molar-refractivity contribution in [3.05, 3.63) is 29.7 Å². The smallest absolute Gasteiger partial charge is 0.356 e. The van der Waals surface area contributed by atoms with Gasteiger partial charge in [0.05, 0.1) is 18.8 Å². The highest BCUT2D eigenvalue weighted by Gasteiger charge is 2.56. The number of carbonyl (C=O) groups is 2. The zero-order valence-corrected chi connectivity index (χ0v) is 15.6. The van der Waals surface area contributed by atoms with Gasteiger partial charge in [0.2, 0.25) is 0 Å². The lowest BCUT2D eigenvalue weighted by Gasteiger charge is -2.62. The lowest BCUT2D eigenvalue weighted by atomic mass is 9.45. The summed E-state index contributed by atoms with van der Waals surface area (Å²) < 4.78 is 4.69. The summed E-state index contributed by atoms with van der Waals surface area (Å²) in [6, 6.07) is 3.61. The number of ether oxygens (including phenoxy) is 1. The average molecular weight is 355 g/mol. The third-order valence-corrected chi connectivity index (χ3v) is 6.81. The van der Waals surface area contributed by atoms with Gasteiger partial charge in [-0.3, -0.25) is 4.79 Å². The molecule has 3 saturated carbocycles. The van der Waals surface area contributed by atoms with Crippen molar-refractivity contribution in [1.29, 1.82) is 0 Å². The fourth-order valence-corrected chi connectivity index (χ4v) is 4.96. The second kappa shape index (κ2) is 5.83. The maximum Gasteiger partial charge on any atom is 0.356 e. The first-order chi connectivity index (χ1) is 12.3. The van der Waals surface area contributed by atoms with Gasteiger partial charge in [-0.1, -0.05) is 20.8 Å². The van der Waals surface area contributed by atoms with Crippen molar-refractivity contribution in [2.75, 3.05) is 7.11 Å². The zero-order chi connectivity index (χ0) is 18.6. The number of fused-ring (bicyclic) bond motifs is 3. The van der Waals surface area contributed by atoms with Crippen LogP contribution in [-0.4, -0.2) is 35.0 Å². The van der Waals surface area contributed by atoms with Crippen LogP contribution in [0.2, 0.25) is 0 Å². The van der Waals surface area contributed by atoms with Crippen molar-refractivity contribution < 1.29 is 14.3 Å². The van der Waals surface area contributed by atoms with Crippen molar-refractivity contribution in [3.8, 4) is 0 Å². The zero-order valence-electron chi connectivity index (χ0n) is 15.6. The summed E-state index contributed by atoms with van der Waals surface area (Å²) in [5, 5.41) is 3.98. The van der Waals surface area contributed by atoms with E-state index in [9.17, 15) is 9.59 Å². The van der Waals surface area contributed by atoms with E-state index in [1.807, 2.05) is 0 Å². The highest BCUT2D eigenvalue weighted by Crippen LogP contribution is 2.61. The highest BCUT2D eigenvalue weighted by atomic mass is 16.5. The first-order valence-electron chi connectivity index (χ1n) is 9.19. The molecule has 2 N–H and O–H groups in total. The van der Waals surface area contributed by atoms with E-state index in [0.717, 1.165) is 17.3 Å². The maximum atomic E-state index is 12.7. The molecule has 2 bridgehead atoms. The van der Waals surface area contributed by atoms with Crippen molar-refractivity contribution >= 4 is 22.8 Å². The summed E-state index contributed by atoms with van der Waals surface area (Å²) in [5.74, 6) is 1.27. The van der Waals surface area contributed by atoms with E-state index in [4.69, 9.17) is 4.74 Å². The Morgan fingerprint density at radius 1 is 1.31 bits per heavy atom. The molecule has 0 aliphatic heterocycles. The number of nitrogens with one attached hydrogen (secondary N) is 2. The van der Waals surface area contributed by atoms with Crippen LogP contribution in [0.5, 0.6) is 0 Å². The van der Waals surface area contributed by atoms with Gasteiger partial charge < -0.3 is 15.0 Å². The lowest BCUT2D eigenvalue weighted by Crippen LogP contribution is -2.60. The van der Waals surface area contributed by atoms with Crippen LogP contribution in [0.3, 0.4) is 0 Å². The number of esters is 1. The molecule has 1 amide bonds. The Kier molecular flexibility index (Phi) is 3.82. The molecule has 3 aliphatic carbocycles. The number of nitrogens with zero attached hydrogens (tertiary/aromatic N) is 1. The fraction of sp³-hybridized carbons (Fsp3) is 0.550. The number of pyridine rings is 1. The molecule has 3 aliphatic rings. The fourth-order valence-electron chi connectivity index (χ4n) is 4.96. The SMILES string of the molecule is COC(=O)c1cc2cc(C(=O)N[C@H]3C[C@H]4C[C@@H]([C@@H]3C)C4(C)C)[nH]c2cn1. The maximum absolute atomic E-state index is 12.7. The first kappa shape index (κ1) is 17.1. The Bertz CT molecular complexity index is 886. The number of aromatic nitrogens is 2. The van der Waals surface area contributed by atoms with Gasteiger partial charge in [0.25, 0.3) is 5.91 Å². The average Bonchev–Trinajstić information content (AvgIpc) is 3.05. The molecular weight excluding hydrogens is 330 g/mol. The number of carbonyl (C=O) groups excluding carboxylic acids is 2. The summed E-state index contributed by atoms with van der Waals surface area (Å²) in [7, 11) is 1.32. The molecule has 6 nitrogen and oxygen atoms in total. The van der Waals surface area contributed by atoms with Gasteiger partial charge in [-0.25, -0.2) is 9.78 Å². The predicted octanol–water partition coefficient (Wildman–Crippen LogP) is 3.15. The Morgan fingerprint density at radius 3 is 2.73 bits per heavy atom. The molecule has 2 aromatic heterocycles. The topological polar surface area (TPSA) is 84.1 Å². The van der Waals surface area contributed by atoms with Gasteiger partial charge in [0.15, 0.2) is 0 Å². The molecule has 0 aromatic carbocycles. The number of hydrogen-bond acceptors (Lipinski definition) is 4. The number of methoxy groups -OCH3 is 1. The molecular formula is C20H25N3O3. The first-order valence-corrected chi connectivity index (χ1v) is 9.19. The van der Waals surface area contributed by atoms with Gasteiger partial charge in [0.1, 0.15) is 11.4 Å². The summed E-state index contributed by atoms with van der Waals surface area (Å²) >= 11 is 0. The van der Waals surface area contributed by atoms with Crippen LogP contribution in [0.15, 0.2) is 18.3 Å². The van der Waals surface area contributed by atoms with Crippen LogP contribution in [0.25, 0.3) is 10.9 Å². The Balaban J connectivity index is 1.51. The van der Waals surface area contributed by atoms with Gasteiger partial charge >= 0.3 is 5.97 Å². The minimum Gasteiger partial charge on any atom is -0.464 e.